The fourth-order valence-electron chi connectivity index (χ4n) is 3.21. The lowest BCUT2D eigenvalue weighted by Crippen LogP contribution is -2.49. The van der Waals surface area contributed by atoms with Crippen molar-refractivity contribution in [2.24, 2.45) is 5.41 Å². The molecule has 1 saturated heterocycles. The van der Waals surface area contributed by atoms with Gasteiger partial charge >= 0.3 is 5.97 Å². The monoisotopic (exact) mass is 333 g/mol. The first-order valence-electron chi connectivity index (χ1n) is 7.68. The molecule has 1 aromatic carbocycles. The maximum Gasteiger partial charge on any atom is 0.311 e. The van der Waals surface area contributed by atoms with E-state index in [1.165, 1.54) is 6.07 Å². The van der Waals surface area contributed by atoms with Gasteiger partial charge in [-0.15, -0.1) is 0 Å². The maximum absolute atomic E-state index is 14.0. The maximum atomic E-state index is 14.0. The van der Waals surface area contributed by atoms with E-state index in [1.807, 2.05) is 4.90 Å². The third-order valence-corrected chi connectivity index (χ3v) is 4.45. The van der Waals surface area contributed by atoms with E-state index in [-0.39, 0.29) is 18.5 Å². The third-order valence-electron chi connectivity index (χ3n) is 4.45. The standard InChI is InChI=1S/C17H17F2N3O2/c18-13-3-2-12(14(19)8-13)9-17(16(23)24)4-1-7-22(11-17)15-10-20-5-6-21-15/h2-3,5-6,8,10H,1,4,7,9,11H2,(H,23,24)/t17-/m0/s1. The van der Waals surface area contributed by atoms with Crippen molar-refractivity contribution in [3.05, 3.63) is 54.0 Å². The van der Waals surface area contributed by atoms with Crippen LogP contribution in [0, 0.1) is 17.0 Å². The summed E-state index contributed by atoms with van der Waals surface area (Å²) < 4.78 is 27.1. The van der Waals surface area contributed by atoms with Crippen molar-refractivity contribution in [3.8, 4) is 0 Å². The van der Waals surface area contributed by atoms with Gasteiger partial charge in [0.25, 0.3) is 0 Å². The summed E-state index contributed by atoms with van der Waals surface area (Å²) in [6.45, 7) is 0.872. The van der Waals surface area contributed by atoms with Crippen molar-refractivity contribution in [1.82, 2.24) is 9.97 Å². The predicted molar refractivity (Wildman–Crippen MR) is 83.6 cm³/mol. The second-order valence-electron chi connectivity index (χ2n) is 6.09. The van der Waals surface area contributed by atoms with Crippen LogP contribution in [0.3, 0.4) is 0 Å². The van der Waals surface area contributed by atoms with Gasteiger partial charge in [-0.3, -0.25) is 9.78 Å². The SMILES string of the molecule is O=C(O)[C@]1(Cc2ccc(F)cc2F)CCCN(c2cnccn2)C1. The third kappa shape index (κ3) is 3.20. The van der Waals surface area contributed by atoms with Gasteiger partial charge in [0.2, 0.25) is 0 Å². The Bertz CT molecular complexity index is 742. The number of nitrogens with zero attached hydrogens (tertiary/aromatic N) is 3. The molecule has 3 rings (SSSR count). The molecule has 2 aromatic rings. The van der Waals surface area contributed by atoms with Crippen LogP contribution in [0.25, 0.3) is 0 Å². The Morgan fingerprint density at radius 2 is 2.17 bits per heavy atom. The van der Waals surface area contributed by atoms with Gasteiger partial charge in [0, 0.05) is 31.5 Å². The summed E-state index contributed by atoms with van der Waals surface area (Å²) in [5, 5.41) is 9.80. The molecule has 1 aliphatic rings. The van der Waals surface area contributed by atoms with Crippen molar-refractivity contribution in [2.45, 2.75) is 19.3 Å². The fraction of sp³-hybridized carbons (Fsp3) is 0.353. The number of hydrogen-bond acceptors (Lipinski definition) is 4. The average Bonchev–Trinajstić information content (AvgIpc) is 2.58. The fourth-order valence-corrected chi connectivity index (χ4v) is 3.21. The molecule has 1 fully saturated rings. The largest absolute Gasteiger partial charge is 0.481 e. The lowest BCUT2D eigenvalue weighted by Gasteiger charge is -2.40. The number of carboxylic acid groups (broad SMARTS) is 1. The number of anilines is 1. The molecule has 7 heteroatoms. The lowest BCUT2D eigenvalue weighted by molar-refractivity contribution is -0.149. The first-order valence-corrected chi connectivity index (χ1v) is 7.68. The Hall–Kier alpha value is -2.57. The van der Waals surface area contributed by atoms with Gasteiger partial charge < -0.3 is 10.0 Å². The molecule has 0 amide bonds. The molecule has 1 aromatic heterocycles. The molecule has 0 spiro atoms. The van der Waals surface area contributed by atoms with Crippen molar-refractivity contribution < 1.29 is 18.7 Å². The topological polar surface area (TPSA) is 66.3 Å². The summed E-state index contributed by atoms with van der Waals surface area (Å²) >= 11 is 0. The highest BCUT2D eigenvalue weighted by Gasteiger charge is 2.43. The van der Waals surface area contributed by atoms with Crippen LogP contribution in [0.4, 0.5) is 14.6 Å². The van der Waals surface area contributed by atoms with Crippen LogP contribution < -0.4 is 4.90 Å². The number of carbonyl (C=O) groups is 1. The smallest absolute Gasteiger partial charge is 0.311 e. The minimum Gasteiger partial charge on any atom is -0.481 e. The molecule has 1 atom stereocenters. The number of rotatable bonds is 4. The van der Waals surface area contributed by atoms with E-state index in [0.29, 0.717) is 25.2 Å². The first-order chi connectivity index (χ1) is 11.5. The number of aromatic nitrogens is 2. The summed E-state index contributed by atoms with van der Waals surface area (Å²) in [5.74, 6) is -1.78. The molecule has 126 valence electrons. The highest BCUT2D eigenvalue weighted by molar-refractivity contribution is 5.76. The molecule has 1 N–H and O–H groups in total. The van der Waals surface area contributed by atoms with Crippen LogP contribution in [-0.2, 0) is 11.2 Å². The number of carboxylic acids is 1. The van der Waals surface area contributed by atoms with Crippen LogP contribution >= 0.6 is 0 Å². The number of hydrogen-bond donors (Lipinski definition) is 1. The van der Waals surface area contributed by atoms with E-state index >= 15 is 0 Å². The molecular formula is C17H17F2N3O2. The zero-order valence-electron chi connectivity index (χ0n) is 13.0. The molecule has 0 radical (unpaired) electrons. The van der Waals surface area contributed by atoms with Crippen molar-refractivity contribution in [2.75, 3.05) is 18.0 Å². The summed E-state index contributed by atoms with van der Waals surface area (Å²) in [5.41, 5.74) is -0.936. The van der Waals surface area contributed by atoms with Crippen LogP contribution in [-0.4, -0.2) is 34.1 Å². The second kappa shape index (κ2) is 6.51. The lowest BCUT2D eigenvalue weighted by atomic mass is 9.75. The van der Waals surface area contributed by atoms with E-state index < -0.39 is 23.0 Å². The molecule has 1 aliphatic heterocycles. The summed E-state index contributed by atoms with van der Waals surface area (Å²) in [6.07, 6.45) is 5.75. The van der Waals surface area contributed by atoms with Crippen LogP contribution in [0.15, 0.2) is 36.8 Å². The van der Waals surface area contributed by atoms with Gasteiger partial charge in [0.1, 0.15) is 17.5 Å². The van der Waals surface area contributed by atoms with Crippen molar-refractivity contribution in [3.63, 3.8) is 0 Å². The summed E-state index contributed by atoms with van der Waals surface area (Å²) in [6, 6.07) is 3.25. The molecular weight excluding hydrogens is 316 g/mol. The molecule has 5 nitrogen and oxygen atoms in total. The molecule has 0 saturated carbocycles. The highest BCUT2D eigenvalue weighted by atomic mass is 19.1. The zero-order chi connectivity index (χ0) is 17.2. The number of halogens is 2. The van der Waals surface area contributed by atoms with E-state index in [9.17, 15) is 18.7 Å². The van der Waals surface area contributed by atoms with Crippen LogP contribution in [0.5, 0.6) is 0 Å². The normalized spacial score (nSPS) is 20.8. The van der Waals surface area contributed by atoms with Gasteiger partial charge in [-0.2, -0.15) is 0 Å². The van der Waals surface area contributed by atoms with E-state index in [2.05, 4.69) is 9.97 Å². The summed E-state index contributed by atoms with van der Waals surface area (Å²) in [4.78, 5) is 22.0. The van der Waals surface area contributed by atoms with Crippen molar-refractivity contribution in [1.29, 1.82) is 0 Å². The Labute approximate surface area is 138 Å². The number of aliphatic carboxylic acids is 1. The minimum absolute atomic E-state index is 0.00517. The van der Waals surface area contributed by atoms with Crippen LogP contribution in [0.1, 0.15) is 18.4 Å². The Morgan fingerprint density at radius 3 is 2.83 bits per heavy atom. The molecule has 0 bridgehead atoms. The molecule has 2 heterocycles. The predicted octanol–water partition coefficient (Wildman–Crippen LogP) is 2.67. The second-order valence-corrected chi connectivity index (χ2v) is 6.09. The van der Waals surface area contributed by atoms with Gasteiger partial charge in [0.05, 0.1) is 11.6 Å². The molecule has 0 unspecified atom stereocenters. The van der Waals surface area contributed by atoms with Gasteiger partial charge in [0.15, 0.2) is 0 Å². The minimum atomic E-state index is -1.14. The van der Waals surface area contributed by atoms with Gasteiger partial charge in [-0.1, -0.05) is 6.07 Å². The van der Waals surface area contributed by atoms with Crippen molar-refractivity contribution >= 4 is 11.8 Å². The first kappa shape index (κ1) is 16.3. The Morgan fingerprint density at radius 1 is 1.33 bits per heavy atom. The van der Waals surface area contributed by atoms with E-state index in [0.717, 1.165) is 12.1 Å². The van der Waals surface area contributed by atoms with Gasteiger partial charge in [-0.25, -0.2) is 13.8 Å². The molecule has 24 heavy (non-hydrogen) atoms. The van der Waals surface area contributed by atoms with E-state index in [4.69, 9.17) is 0 Å². The Kier molecular flexibility index (Phi) is 4.42. The van der Waals surface area contributed by atoms with Gasteiger partial charge in [-0.05, 0) is 30.9 Å². The number of benzene rings is 1. The average molecular weight is 333 g/mol. The quantitative estimate of drug-likeness (QED) is 0.932. The summed E-state index contributed by atoms with van der Waals surface area (Å²) in [7, 11) is 0. The zero-order valence-corrected chi connectivity index (χ0v) is 13.0. The highest BCUT2D eigenvalue weighted by Crippen LogP contribution is 2.36. The molecule has 0 aliphatic carbocycles. The Balaban J connectivity index is 1.89. The van der Waals surface area contributed by atoms with Crippen LogP contribution in [0.2, 0.25) is 0 Å². The number of piperidine rings is 1. The van der Waals surface area contributed by atoms with E-state index in [1.54, 1.807) is 18.6 Å².